The molecule has 0 aliphatic rings. The van der Waals surface area contributed by atoms with Crippen molar-refractivity contribution in [3.05, 3.63) is 35.2 Å². The zero-order valence-corrected chi connectivity index (χ0v) is 10.3. The molecule has 92 valence electrons. The lowest BCUT2D eigenvalue weighted by Gasteiger charge is -2.03. The number of hydrogen-bond donors (Lipinski definition) is 2. The lowest BCUT2D eigenvalue weighted by molar-refractivity contribution is 0.304. The Labute approximate surface area is 104 Å². The molecule has 0 bridgehead atoms. The lowest BCUT2D eigenvalue weighted by atomic mass is 10.0. The van der Waals surface area contributed by atoms with E-state index in [2.05, 4.69) is 41.3 Å². The number of nitrogens with one attached hydrogen (secondary N) is 1. The monoisotopic (exact) mass is 242 g/mol. The van der Waals surface area contributed by atoms with Gasteiger partial charge in [0.2, 0.25) is 0 Å². The summed E-state index contributed by atoms with van der Waals surface area (Å²) in [6.07, 6.45) is 1.93. The van der Waals surface area contributed by atoms with Crippen molar-refractivity contribution >= 4 is 10.9 Å². The van der Waals surface area contributed by atoms with Crippen molar-refractivity contribution in [2.45, 2.75) is 20.4 Å². The smallest absolute Gasteiger partial charge is 0.141 e. The largest absolute Gasteiger partial charge is 0.360 e. The number of H-pyrrole nitrogens is 1. The van der Waals surface area contributed by atoms with Gasteiger partial charge >= 0.3 is 0 Å². The SMILES string of the molecule is Cc1ccc2[nH]cc(-c3nonc3CN)c2c1C. The summed E-state index contributed by atoms with van der Waals surface area (Å²) in [5.74, 6) is 0. The van der Waals surface area contributed by atoms with Crippen LogP contribution in [0.25, 0.3) is 22.2 Å². The van der Waals surface area contributed by atoms with E-state index >= 15 is 0 Å². The summed E-state index contributed by atoms with van der Waals surface area (Å²) in [7, 11) is 0. The molecule has 0 spiro atoms. The Bertz CT molecular complexity index is 711. The molecule has 2 heterocycles. The van der Waals surface area contributed by atoms with Gasteiger partial charge in [0.1, 0.15) is 11.4 Å². The van der Waals surface area contributed by atoms with Crippen LogP contribution in [-0.4, -0.2) is 15.3 Å². The van der Waals surface area contributed by atoms with Gasteiger partial charge in [-0.15, -0.1) is 0 Å². The first-order valence-corrected chi connectivity index (χ1v) is 5.81. The fourth-order valence-electron chi connectivity index (χ4n) is 2.24. The summed E-state index contributed by atoms with van der Waals surface area (Å²) >= 11 is 0. The molecule has 2 aromatic heterocycles. The van der Waals surface area contributed by atoms with Crippen LogP contribution >= 0.6 is 0 Å². The highest BCUT2D eigenvalue weighted by molar-refractivity contribution is 5.97. The highest BCUT2D eigenvalue weighted by atomic mass is 16.6. The van der Waals surface area contributed by atoms with E-state index in [-0.39, 0.29) is 0 Å². The van der Waals surface area contributed by atoms with E-state index in [0.717, 1.165) is 22.2 Å². The molecule has 5 heteroatoms. The van der Waals surface area contributed by atoms with E-state index in [1.165, 1.54) is 11.1 Å². The third-order valence-corrected chi connectivity index (χ3v) is 3.38. The molecular formula is C13H14N4O. The van der Waals surface area contributed by atoms with Gasteiger partial charge in [-0.3, -0.25) is 0 Å². The van der Waals surface area contributed by atoms with Gasteiger partial charge in [0, 0.05) is 29.2 Å². The molecule has 0 saturated heterocycles. The number of nitrogens with zero attached hydrogens (tertiary/aromatic N) is 2. The van der Waals surface area contributed by atoms with Crippen LogP contribution in [0.15, 0.2) is 23.0 Å². The second kappa shape index (κ2) is 3.96. The number of fused-ring (bicyclic) bond motifs is 1. The molecule has 0 atom stereocenters. The van der Waals surface area contributed by atoms with Gasteiger partial charge in [0.15, 0.2) is 0 Å². The van der Waals surface area contributed by atoms with E-state index in [0.29, 0.717) is 12.2 Å². The molecule has 0 radical (unpaired) electrons. The van der Waals surface area contributed by atoms with Crippen LogP contribution in [0.4, 0.5) is 0 Å². The molecule has 3 aromatic rings. The Morgan fingerprint density at radius 1 is 1.28 bits per heavy atom. The van der Waals surface area contributed by atoms with Crippen molar-refractivity contribution in [3.63, 3.8) is 0 Å². The molecule has 5 nitrogen and oxygen atoms in total. The Hall–Kier alpha value is -2.14. The zero-order chi connectivity index (χ0) is 12.7. The van der Waals surface area contributed by atoms with Gasteiger partial charge in [-0.25, -0.2) is 4.63 Å². The van der Waals surface area contributed by atoms with Crippen LogP contribution in [0.3, 0.4) is 0 Å². The van der Waals surface area contributed by atoms with Crippen LogP contribution in [0.5, 0.6) is 0 Å². The quantitative estimate of drug-likeness (QED) is 0.722. The Morgan fingerprint density at radius 3 is 2.89 bits per heavy atom. The minimum atomic E-state index is 0.316. The molecule has 0 fully saturated rings. The fraction of sp³-hybridized carbons (Fsp3) is 0.231. The number of aromatic nitrogens is 3. The van der Waals surface area contributed by atoms with Gasteiger partial charge in [0.25, 0.3) is 0 Å². The summed E-state index contributed by atoms with van der Waals surface area (Å²) in [5, 5.41) is 8.94. The highest BCUT2D eigenvalue weighted by Gasteiger charge is 2.16. The Balaban J connectivity index is 2.33. The summed E-state index contributed by atoms with van der Waals surface area (Å²) in [6, 6.07) is 4.17. The average molecular weight is 242 g/mol. The lowest BCUT2D eigenvalue weighted by Crippen LogP contribution is -1.98. The van der Waals surface area contributed by atoms with Crippen molar-refractivity contribution in [1.29, 1.82) is 0 Å². The van der Waals surface area contributed by atoms with Crippen LogP contribution in [-0.2, 0) is 6.54 Å². The third kappa shape index (κ3) is 1.44. The van der Waals surface area contributed by atoms with E-state index in [1.807, 2.05) is 6.20 Å². The molecule has 0 saturated carbocycles. The number of benzene rings is 1. The molecule has 18 heavy (non-hydrogen) atoms. The van der Waals surface area contributed by atoms with Crippen LogP contribution in [0, 0.1) is 13.8 Å². The first kappa shape index (κ1) is 11.0. The third-order valence-electron chi connectivity index (χ3n) is 3.38. The second-order valence-corrected chi connectivity index (χ2v) is 4.40. The minimum absolute atomic E-state index is 0.316. The van der Waals surface area contributed by atoms with Crippen molar-refractivity contribution in [3.8, 4) is 11.3 Å². The maximum atomic E-state index is 5.64. The van der Waals surface area contributed by atoms with Crippen molar-refractivity contribution in [2.24, 2.45) is 5.73 Å². The normalized spacial score (nSPS) is 11.3. The van der Waals surface area contributed by atoms with Crippen LogP contribution in [0.2, 0.25) is 0 Å². The van der Waals surface area contributed by atoms with E-state index in [9.17, 15) is 0 Å². The van der Waals surface area contributed by atoms with Gasteiger partial charge in [-0.05, 0) is 36.2 Å². The van der Waals surface area contributed by atoms with Crippen LogP contribution in [0.1, 0.15) is 16.8 Å². The maximum absolute atomic E-state index is 5.64. The van der Waals surface area contributed by atoms with E-state index < -0.39 is 0 Å². The average Bonchev–Trinajstić information content (AvgIpc) is 2.99. The van der Waals surface area contributed by atoms with Crippen molar-refractivity contribution in [2.75, 3.05) is 0 Å². The first-order valence-electron chi connectivity index (χ1n) is 5.81. The Kier molecular flexibility index (Phi) is 2.41. The summed E-state index contributed by atoms with van der Waals surface area (Å²) in [4.78, 5) is 3.25. The Morgan fingerprint density at radius 2 is 2.11 bits per heavy atom. The standard InChI is InChI=1S/C13H14N4O/c1-7-3-4-10-12(8(7)2)9(6-15-10)13-11(5-14)16-18-17-13/h3-4,6,15H,5,14H2,1-2H3. The van der Waals surface area contributed by atoms with E-state index in [4.69, 9.17) is 10.4 Å². The first-order chi connectivity index (χ1) is 8.72. The molecular weight excluding hydrogens is 228 g/mol. The van der Waals surface area contributed by atoms with Crippen molar-refractivity contribution < 1.29 is 4.63 Å². The maximum Gasteiger partial charge on any atom is 0.141 e. The molecule has 1 aromatic carbocycles. The number of rotatable bonds is 2. The number of nitrogens with two attached hydrogens (primary N) is 1. The minimum Gasteiger partial charge on any atom is -0.360 e. The second-order valence-electron chi connectivity index (χ2n) is 4.40. The van der Waals surface area contributed by atoms with Gasteiger partial charge in [-0.1, -0.05) is 11.2 Å². The van der Waals surface area contributed by atoms with E-state index in [1.54, 1.807) is 0 Å². The predicted molar refractivity (Wildman–Crippen MR) is 69.0 cm³/mol. The molecule has 0 amide bonds. The molecule has 3 rings (SSSR count). The molecule has 3 N–H and O–H groups in total. The number of aryl methyl sites for hydroxylation is 2. The summed E-state index contributed by atoms with van der Waals surface area (Å²) in [5.41, 5.74) is 11.6. The van der Waals surface area contributed by atoms with Gasteiger partial charge in [-0.2, -0.15) is 0 Å². The van der Waals surface area contributed by atoms with Gasteiger partial charge < -0.3 is 10.7 Å². The predicted octanol–water partition coefficient (Wildman–Crippen LogP) is 2.29. The van der Waals surface area contributed by atoms with Crippen molar-refractivity contribution in [1.82, 2.24) is 15.3 Å². The molecule has 0 aliphatic heterocycles. The topological polar surface area (TPSA) is 80.7 Å². The highest BCUT2D eigenvalue weighted by Crippen LogP contribution is 2.32. The number of aromatic amines is 1. The zero-order valence-electron chi connectivity index (χ0n) is 10.3. The van der Waals surface area contributed by atoms with Gasteiger partial charge in [0.05, 0.1) is 0 Å². The number of hydrogen-bond acceptors (Lipinski definition) is 4. The summed E-state index contributed by atoms with van der Waals surface area (Å²) in [6.45, 7) is 4.51. The molecule has 0 aliphatic carbocycles. The summed E-state index contributed by atoms with van der Waals surface area (Å²) < 4.78 is 4.79. The van der Waals surface area contributed by atoms with Crippen LogP contribution < -0.4 is 5.73 Å². The molecule has 0 unspecified atom stereocenters. The fourth-order valence-corrected chi connectivity index (χ4v) is 2.24.